The van der Waals surface area contributed by atoms with Crippen LogP contribution >= 0.6 is 0 Å². The van der Waals surface area contributed by atoms with E-state index < -0.39 is 5.82 Å². The van der Waals surface area contributed by atoms with Crippen molar-refractivity contribution in [3.05, 3.63) is 101 Å². The quantitative estimate of drug-likeness (QED) is 0.358. The van der Waals surface area contributed by atoms with Gasteiger partial charge in [0.2, 0.25) is 0 Å². The molecule has 6 rings (SSSR count). The number of anilines is 1. The zero-order valence-electron chi connectivity index (χ0n) is 19.1. The van der Waals surface area contributed by atoms with Crippen LogP contribution in [0.15, 0.2) is 89.9 Å². The molecular weight excluding hydrogens is 441 g/mol. The number of fused-ring (bicyclic) bond motifs is 1. The zero-order valence-corrected chi connectivity index (χ0v) is 19.1. The predicted molar refractivity (Wildman–Crippen MR) is 136 cm³/mol. The zero-order chi connectivity index (χ0) is 23.8. The van der Waals surface area contributed by atoms with Crippen molar-refractivity contribution >= 4 is 16.7 Å². The first-order chi connectivity index (χ1) is 17.2. The fourth-order valence-corrected chi connectivity index (χ4v) is 4.75. The number of para-hydroxylation sites is 1. The van der Waals surface area contributed by atoms with E-state index in [1.807, 2.05) is 54.6 Å². The van der Waals surface area contributed by atoms with Crippen LogP contribution < -0.4 is 10.5 Å². The topological polar surface area (TPSA) is 56.0 Å². The Bertz CT molecular complexity index is 1550. The van der Waals surface area contributed by atoms with E-state index in [2.05, 4.69) is 10.00 Å². The van der Waals surface area contributed by atoms with Gasteiger partial charge in [0.05, 0.1) is 23.1 Å². The first kappa shape index (κ1) is 21.3. The Morgan fingerprint density at radius 2 is 1.43 bits per heavy atom. The normalized spacial score (nSPS) is 13.9. The molecule has 1 aliphatic rings. The maximum Gasteiger partial charge on any atom is 0.269 e. The molecule has 0 N–H and O–H groups in total. The molecule has 5 aromatic rings. The van der Waals surface area contributed by atoms with Crippen LogP contribution in [0.2, 0.25) is 0 Å². The van der Waals surface area contributed by atoms with E-state index in [1.54, 1.807) is 22.9 Å². The monoisotopic (exact) mass is 465 g/mol. The first-order valence-electron chi connectivity index (χ1n) is 11.9. The van der Waals surface area contributed by atoms with Gasteiger partial charge in [0, 0.05) is 18.8 Å². The molecule has 0 atom stereocenters. The number of aromatic nitrogens is 4. The van der Waals surface area contributed by atoms with Gasteiger partial charge in [-0.2, -0.15) is 5.10 Å². The molecule has 6 nitrogen and oxygen atoms in total. The number of nitrogens with zero attached hydrogens (tertiary/aromatic N) is 5. The fraction of sp³-hybridized carbons (Fsp3) is 0.179. The predicted octanol–water partition coefficient (Wildman–Crippen LogP) is 5.37. The molecule has 2 aromatic heterocycles. The Morgan fingerprint density at radius 3 is 2.17 bits per heavy atom. The molecule has 0 spiro atoms. The summed E-state index contributed by atoms with van der Waals surface area (Å²) in [5.41, 5.74) is 2.89. The Kier molecular flexibility index (Phi) is 5.37. The molecule has 35 heavy (non-hydrogen) atoms. The van der Waals surface area contributed by atoms with Gasteiger partial charge in [-0.25, -0.2) is 14.1 Å². The molecule has 0 radical (unpaired) electrons. The van der Waals surface area contributed by atoms with Crippen molar-refractivity contribution in [3.63, 3.8) is 0 Å². The van der Waals surface area contributed by atoms with Gasteiger partial charge in [-0.1, -0.05) is 30.3 Å². The summed E-state index contributed by atoms with van der Waals surface area (Å²) in [5.74, 6) is -0.202. The SMILES string of the molecule is O=c1c2cnn(-c3ccccc3)c2nc(-c2ccccc2F)n1-c1ccc(N2CCCCC2)cc1. The highest BCUT2D eigenvalue weighted by atomic mass is 19.1. The summed E-state index contributed by atoms with van der Waals surface area (Å²) in [6.07, 6.45) is 5.16. The highest BCUT2D eigenvalue weighted by molar-refractivity contribution is 5.79. The van der Waals surface area contributed by atoms with Crippen LogP contribution in [0.1, 0.15) is 19.3 Å². The van der Waals surface area contributed by atoms with Crippen LogP contribution in [0.5, 0.6) is 0 Å². The van der Waals surface area contributed by atoms with E-state index in [1.165, 1.54) is 36.1 Å². The number of rotatable bonds is 4. The molecule has 3 aromatic carbocycles. The smallest absolute Gasteiger partial charge is 0.269 e. The number of piperidine rings is 1. The third-order valence-corrected chi connectivity index (χ3v) is 6.55. The molecule has 1 fully saturated rings. The van der Waals surface area contributed by atoms with Gasteiger partial charge in [0.25, 0.3) is 5.56 Å². The van der Waals surface area contributed by atoms with Crippen molar-refractivity contribution in [1.82, 2.24) is 19.3 Å². The van der Waals surface area contributed by atoms with Crippen LogP contribution in [0.25, 0.3) is 33.8 Å². The summed E-state index contributed by atoms with van der Waals surface area (Å²) in [4.78, 5) is 21.0. The van der Waals surface area contributed by atoms with Crippen LogP contribution in [0.4, 0.5) is 10.1 Å². The van der Waals surface area contributed by atoms with Gasteiger partial charge < -0.3 is 4.90 Å². The van der Waals surface area contributed by atoms with Gasteiger partial charge in [-0.15, -0.1) is 0 Å². The van der Waals surface area contributed by atoms with Gasteiger partial charge >= 0.3 is 0 Å². The van der Waals surface area contributed by atoms with Crippen molar-refractivity contribution in [2.45, 2.75) is 19.3 Å². The maximum absolute atomic E-state index is 15.0. The van der Waals surface area contributed by atoms with Crippen molar-refractivity contribution < 1.29 is 4.39 Å². The lowest BCUT2D eigenvalue weighted by Crippen LogP contribution is -2.29. The lowest BCUT2D eigenvalue weighted by Gasteiger charge is -2.29. The van der Waals surface area contributed by atoms with Crippen molar-refractivity contribution in [3.8, 4) is 22.8 Å². The molecule has 0 unspecified atom stereocenters. The second kappa shape index (κ2) is 8.83. The van der Waals surface area contributed by atoms with Gasteiger partial charge in [-0.05, 0) is 67.8 Å². The van der Waals surface area contributed by atoms with Crippen molar-refractivity contribution in [1.29, 1.82) is 0 Å². The molecule has 0 bridgehead atoms. The Morgan fingerprint density at radius 1 is 0.743 bits per heavy atom. The lowest BCUT2D eigenvalue weighted by molar-refractivity contribution is 0.578. The van der Waals surface area contributed by atoms with Crippen LogP contribution in [-0.4, -0.2) is 32.4 Å². The lowest BCUT2D eigenvalue weighted by atomic mass is 10.1. The molecule has 3 heterocycles. The van der Waals surface area contributed by atoms with Crippen LogP contribution in [-0.2, 0) is 0 Å². The van der Waals surface area contributed by atoms with Crippen LogP contribution in [0, 0.1) is 5.82 Å². The third kappa shape index (κ3) is 3.79. The summed E-state index contributed by atoms with van der Waals surface area (Å²) < 4.78 is 18.1. The number of benzene rings is 3. The Hall–Kier alpha value is -4.26. The average molecular weight is 466 g/mol. The fourth-order valence-electron chi connectivity index (χ4n) is 4.75. The highest BCUT2D eigenvalue weighted by Crippen LogP contribution is 2.27. The average Bonchev–Trinajstić information content (AvgIpc) is 3.35. The summed E-state index contributed by atoms with van der Waals surface area (Å²) in [6, 6.07) is 23.7. The summed E-state index contributed by atoms with van der Waals surface area (Å²) in [7, 11) is 0. The number of halogens is 1. The largest absolute Gasteiger partial charge is 0.372 e. The number of hydrogen-bond acceptors (Lipinski definition) is 4. The minimum Gasteiger partial charge on any atom is -0.372 e. The molecule has 0 aliphatic carbocycles. The van der Waals surface area contributed by atoms with Crippen molar-refractivity contribution in [2.24, 2.45) is 0 Å². The Labute approximate surface area is 201 Å². The number of hydrogen-bond donors (Lipinski definition) is 0. The van der Waals surface area contributed by atoms with Crippen LogP contribution in [0.3, 0.4) is 0 Å². The van der Waals surface area contributed by atoms with E-state index in [0.717, 1.165) is 24.5 Å². The second-order valence-electron chi connectivity index (χ2n) is 8.75. The molecule has 174 valence electrons. The Balaban J connectivity index is 1.56. The minimum atomic E-state index is -0.441. The van der Waals surface area contributed by atoms with Gasteiger partial charge in [0.15, 0.2) is 11.5 Å². The van der Waals surface area contributed by atoms with E-state index in [0.29, 0.717) is 16.7 Å². The van der Waals surface area contributed by atoms with Gasteiger partial charge in [-0.3, -0.25) is 9.36 Å². The summed E-state index contributed by atoms with van der Waals surface area (Å²) in [5, 5.41) is 4.80. The van der Waals surface area contributed by atoms with Crippen molar-refractivity contribution in [2.75, 3.05) is 18.0 Å². The standard InChI is InChI=1S/C28H24FN5O/c29-25-12-6-5-11-23(25)26-31-27-24(19-30-34(27)22-9-3-1-4-10-22)28(35)33(26)21-15-13-20(14-16-21)32-17-7-2-8-18-32/h1,3-6,9-16,19H,2,7-8,17-18H2. The molecule has 0 saturated carbocycles. The highest BCUT2D eigenvalue weighted by Gasteiger charge is 2.20. The molecule has 1 aliphatic heterocycles. The summed E-state index contributed by atoms with van der Waals surface area (Å²) in [6.45, 7) is 2.07. The van der Waals surface area contributed by atoms with E-state index >= 15 is 0 Å². The molecule has 7 heteroatoms. The van der Waals surface area contributed by atoms with E-state index in [-0.39, 0.29) is 16.9 Å². The minimum absolute atomic E-state index is 0.240. The molecule has 1 saturated heterocycles. The summed E-state index contributed by atoms with van der Waals surface area (Å²) >= 11 is 0. The molecule has 0 amide bonds. The molecular formula is C28H24FN5O. The van der Waals surface area contributed by atoms with E-state index in [4.69, 9.17) is 4.98 Å². The maximum atomic E-state index is 15.0. The van der Waals surface area contributed by atoms with Gasteiger partial charge in [0.1, 0.15) is 11.2 Å². The second-order valence-corrected chi connectivity index (χ2v) is 8.75. The third-order valence-electron chi connectivity index (χ3n) is 6.55. The van der Waals surface area contributed by atoms with E-state index in [9.17, 15) is 9.18 Å². The first-order valence-corrected chi connectivity index (χ1v) is 11.9.